The summed E-state index contributed by atoms with van der Waals surface area (Å²) in [5.41, 5.74) is 7.90. The molecule has 2 unspecified atom stereocenters. The molecule has 5 aromatic carbocycles. The van der Waals surface area contributed by atoms with Crippen LogP contribution in [0.1, 0.15) is 17.0 Å². The van der Waals surface area contributed by atoms with Crippen LogP contribution < -0.4 is 4.74 Å². The molecular formula is C39H25N3O2. The van der Waals surface area contributed by atoms with Gasteiger partial charge in [-0.15, -0.1) is 0 Å². The summed E-state index contributed by atoms with van der Waals surface area (Å²) in [5.74, 6) is 2.93. The quantitative estimate of drug-likeness (QED) is 0.212. The van der Waals surface area contributed by atoms with Crippen molar-refractivity contribution in [2.24, 2.45) is 0 Å². The molecule has 1 aliphatic heterocycles. The highest BCUT2D eigenvalue weighted by Gasteiger charge is 2.37. The number of para-hydroxylation sites is 2. The number of hydrogen-bond donors (Lipinski definition) is 0. The van der Waals surface area contributed by atoms with Crippen molar-refractivity contribution in [3.8, 4) is 39.9 Å². The van der Waals surface area contributed by atoms with Crippen LogP contribution in [0.3, 0.4) is 0 Å². The van der Waals surface area contributed by atoms with Gasteiger partial charge in [-0.1, -0.05) is 115 Å². The Morgan fingerprint density at radius 2 is 1.25 bits per heavy atom. The number of fused-ring (bicyclic) bond motifs is 6. The lowest BCUT2D eigenvalue weighted by Crippen LogP contribution is -2.19. The van der Waals surface area contributed by atoms with Gasteiger partial charge >= 0.3 is 0 Å². The highest BCUT2D eigenvalue weighted by molar-refractivity contribution is 6.09. The number of allylic oxidation sites excluding steroid dienone is 2. The van der Waals surface area contributed by atoms with E-state index in [1.165, 1.54) is 11.1 Å². The van der Waals surface area contributed by atoms with Crippen molar-refractivity contribution < 1.29 is 9.15 Å². The fraction of sp³-hybridized carbons (Fsp3) is 0.0513. The van der Waals surface area contributed by atoms with Crippen LogP contribution in [0.4, 0.5) is 0 Å². The normalized spacial score (nSPS) is 16.9. The van der Waals surface area contributed by atoms with Gasteiger partial charge in [-0.05, 0) is 29.8 Å². The van der Waals surface area contributed by atoms with Gasteiger partial charge in [0.2, 0.25) is 0 Å². The molecule has 2 aromatic heterocycles. The highest BCUT2D eigenvalue weighted by atomic mass is 16.5. The first-order valence-corrected chi connectivity index (χ1v) is 14.8. The van der Waals surface area contributed by atoms with E-state index in [1.807, 2.05) is 72.8 Å². The molecule has 0 N–H and O–H groups in total. The van der Waals surface area contributed by atoms with Gasteiger partial charge in [-0.2, -0.15) is 0 Å². The Kier molecular flexibility index (Phi) is 5.56. The van der Waals surface area contributed by atoms with E-state index in [-0.39, 0.29) is 12.0 Å². The van der Waals surface area contributed by atoms with Crippen molar-refractivity contribution in [3.05, 3.63) is 151 Å². The molecule has 1 aliphatic carbocycles. The molecule has 0 fully saturated rings. The highest BCUT2D eigenvalue weighted by Crippen LogP contribution is 2.49. The third kappa shape index (κ3) is 3.97. The van der Waals surface area contributed by atoms with Gasteiger partial charge in [0.05, 0.1) is 5.92 Å². The molecule has 208 valence electrons. The van der Waals surface area contributed by atoms with Gasteiger partial charge < -0.3 is 9.15 Å². The molecule has 3 heterocycles. The first kappa shape index (κ1) is 24.8. The Labute approximate surface area is 253 Å². The molecule has 0 amide bonds. The van der Waals surface area contributed by atoms with E-state index in [1.54, 1.807) is 0 Å². The fourth-order valence-electron chi connectivity index (χ4n) is 6.46. The summed E-state index contributed by atoms with van der Waals surface area (Å²) in [4.78, 5) is 14.7. The maximum Gasteiger partial charge on any atom is 0.164 e. The van der Waals surface area contributed by atoms with E-state index in [0.29, 0.717) is 17.5 Å². The molecule has 5 nitrogen and oxygen atoms in total. The first-order chi connectivity index (χ1) is 21.8. The molecule has 0 saturated carbocycles. The predicted octanol–water partition coefficient (Wildman–Crippen LogP) is 9.27. The minimum atomic E-state index is -0.0277. The zero-order valence-corrected chi connectivity index (χ0v) is 23.6. The number of rotatable bonds is 4. The molecule has 0 bridgehead atoms. The van der Waals surface area contributed by atoms with Crippen molar-refractivity contribution in [1.82, 2.24) is 15.0 Å². The van der Waals surface area contributed by atoms with E-state index in [4.69, 9.17) is 24.1 Å². The predicted molar refractivity (Wildman–Crippen MR) is 174 cm³/mol. The molecule has 44 heavy (non-hydrogen) atoms. The smallest absolute Gasteiger partial charge is 0.164 e. The summed E-state index contributed by atoms with van der Waals surface area (Å²) in [7, 11) is 0. The van der Waals surface area contributed by atoms with Gasteiger partial charge in [-0.3, -0.25) is 0 Å². The molecule has 7 aromatic rings. The van der Waals surface area contributed by atoms with Gasteiger partial charge in [-0.25, -0.2) is 15.0 Å². The standard InChI is InChI=1S/C39H25N3O2/c1-3-11-24(12-4-1)37-40-38(25-13-5-2-6-14-25)42-39(41-37)26-21-22-27-29-17-9-18-30(36(29)44-34(27)23-26)28-16-10-20-33-35(28)31-15-7-8-19-32(31)43-33/h1-23,33,35H. The second kappa shape index (κ2) is 9.89. The van der Waals surface area contributed by atoms with E-state index in [2.05, 4.69) is 66.8 Å². The van der Waals surface area contributed by atoms with Crippen LogP contribution in [0.2, 0.25) is 0 Å². The van der Waals surface area contributed by atoms with Crippen molar-refractivity contribution >= 4 is 27.5 Å². The Bertz CT molecular complexity index is 2210. The largest absolute Gasteiger partial charge is 0.485 e. The van der Waals surface area contributed by atoms with Crippen LogP contribution in [0.15, 0.2) is 144 Å². The zero-order valence-electron chi connectivity index (χ0n) is 23.6. The average Bonchev–Trinajstić information content (AvgIpc) is 3.67. The van der Waals surface area contributed by atoms with Crippen molar-refractivity contribution in [2.75, 3.05) is 0 Å². The number of furan rings is 1. The molecule has 9 rings (SSSR count). The lowest BCUT2D eigenvalue weighted by Gasteiger charge is -2.23. The zero-order chi connectivity index (χ0) is 29.0. The third-order valence-corrected chi connectivity index (χ3v) is 8.52. The third-order valence-electron chi connectivity index (χ3n) is 8.52. The Morgan fingerprint density at radius 1 is 0.568 bits per heavy atom. The maximum absolute atomic E-state index is 6.69. The van der Waals surface area contributed by atoms with Crippen LogP contribution in [0, 0.1) is 0 Å². The van der Waals surface area contributed by atoms with Crippen LogP contribution in [0.25, 0.3) is 61.7 Å². The Morgan fingerprint density at radius 3 is 2.00 bits per heavy atom. The molecule has 0 radical (unpaired) electrons. The van der Waals surface area contributed by atoms with E-state index in [0.717, 1.165) is 49.9 Å². The first-order valence-electron chi connectivity index (χ1n) is 14.8. The Balaban J connectivity index is 1.18. The number of benzene rings is 5. The summed E-state index contributed by atoms with van der Waals surface area (Å²) < 4.78 is 13.0. The molecule has 2 atom stereocenters. The summed E-state index contributed by atoms with van der Waals surface area (Å²) in [5, 5.41) is 2.13. The minimum absolute atomic E-state index is 0.0277. The van der Waals surface area contributed by atoms with Crippen LogP contribution in [-0.4, -0.2) is 21.1 Å². The molecule has 0 saturated heterocycles. The summed E-state index contributed by atoms with van der Waals surface area (Å²) in [6, 6.07) is 41.0. The van der Waals surface area contributed by atoms with Gasteiger partial charge in [0.15, 0.2) is 17.5 Å². The van der Waals surface area contributed by atoms with Crippen LogP contribution >= 0.6 is 0 Å². The van der Waals surface area contributed by atoms with E-state index in [9.17, 15) is 0 Å². The molecule has 2 aliphatic rings. The SMILES string of the molecule is C1=CC2Oc3ccccc3C2C(c2cccc3c2oc2cc(-c4nc(-c5ccccc5)nc(-c5ccccc5)n4)ccc23)=C1. The topological polar surface area (TPSA) is 61.0 Å². The number of hydrogen-bond acceptors (Lipinski definition) is 5. The summed E-state index contributed by atoms with van der Waals surface area (Å²) >= 11 is 0. The molecular weight excluding hydrogens is 542 g/mol. The van der Waals surface area contributed by atoms with Gasteiger partial charge in [0, 0.05) is 38.6 Å². The monoisotopic (exact) mass is 567 g/mol. The van der Waals surface area contributed by atoms with Crippen molar-refractivity contribution in [1.29, 1.82) is 0 Å². The minimum Gasteiger partial charge on any atom is -0.485 e. The number of nitrogens with zero attached hydrogens (tertiary/aromatic N) is 3. The molecule has 5 heteroatoms. The van der Waals surface area contributed by atoms with Gasteiger partial charge in [0.1, 0.15) is 23.0 Å². The van der Waals surface area contributed by atoms with Crippen LogP contribution in [-0.2, 0) is 0 Å². The lowest BCUT2D eigenvalue weighted by molar-refractivity contribution is 0.271. The maximum atomic E-state index is 6.69. The second-order valence-corrected chi connectivity index (χ2v) is 11.1. The summed E-state index contributed by atoms with van der Waals surface area (Å²) in [6.45, 7) is 0. The van der Waals surface area contributed by atoms with Crippen molar-refractivity contribution in [3.63, 3.8) is 0 Å². The average molecular weight is 568 g/mol. The van der Waals surface area contributed by atoms with Crippen LogP contribution in [0.5, 0.6) is 5.75 Å². The number of aromatic nitrogens is 3. The Hall–Kier alpha value is -5.81. The molecule has 0 spiro atoms. The van der Waals surface area contributed by atoms with Crippen molar-refractivity contribution in [2.45, 2.75) is 12.0 Å². The number of ether oxygens (including phenoxy) is 1. The van der Waals surface area contributed by atoms with Gasteiger partial charge in [0.25, 0.3) is 0 Å². The second-order valence-electron chi connectivity index (χ2n) is 11.1. The summed E-state index contributed by atoms with van der Waals surface area (Å²) in [6.07, 6.45) is 6.40. The van der Waals surface area contributed by atoms with E-state index < -0.39 is 0 Å². The van der Waals surface area contributed by atoms with E-state index >= 15 is 0 Å². The lowest BCUT2D eigenvalue weighted by atomic mass is 9.81. The fourth-order valence-corrected chi connectivity index (χ4v) is 6.46.